The van der Waals surface area contributed by atoms with Crippen molar-refractivity contribution in [2.45, 2.75) is 31.7 Å². The van der Waals surface area contributed by atoms with Crippen molar-refractivity contribution in [3.8, 4) is 0 Å². The normalized spacial score (nSPS) is 19.1. The largest absolute Gasteiger partial charge is 0.423 e. The second-order valence-electron chi connectivity index (χ2n) is 8.26. The molecule has 0 radical (unpaired) electrons. The van der Waals surface area contributed by atoms with E-state index in [1.165, 1.54) is 11.1 Å². The van der Waals surface area contributed by atoms with Gasteiger partial charge >= 0.3 is 0 Å². The topological polar surface area (TPSA) is 49.6 Å². The minimum atomic E-state index is 0.0401. The van der Waals surface area contributed by atoms with Gasteiger partial charge in [0, 0.05) is 25.6 Å². The zero-order valence-corrected chi connectivity index (χ0v) is 17.2. The highest BCUT2D eigenvalue weighted by atomic mass is 16.4. The van der Waals surface area contributed by atoms with E-state index in [0.717, 1.165) is 49.9 Å². The van der Waals surface area contributed by atoms with E-state index in [-0.39, 0.29) is 17.9 Å². The number of benzene rings is 2. The van der Waals surface area contributed by atoms with Gasteiger partial charge in [0.05, 0.1) is 6.04 Å². The number of rotatable bonds is 5. The fraction of sp³-hybridized carbons (Fsp3) is 0.360. The van der Waals surface area contributed by atoms with Crippen molar-refractivity contribution in [3.05, 3.63) is 72.3 Å². The molecular weight excluding hydrogens is 374 g/mol. The number of fused-ring (bicyclic) bond motifs is 2. The van der Waals surface area contributed by atoms with Crippen LogP contribution in [0.4, 0.5) is 6.01 Å². The van der Waals surface area contributed by atoms with Crippen LogP contribution in [-0.2, 0) is 11.2 Å². The molecule has 30 heavy (non-hydrogen) atoms. The van der Waals surface area contributed by atoms with Crippen LogP contribution in [0.1, 0.15) is 36.4 Å². The Morgan fingerprint density at radius 1 is 1.13 bits per heavy atom. The van der Waals surface area contributed by atoms with Gasteiger partial charge < -0.3 is 14.2 Å². The third-order valence-electron chi connectivity index (χ3n) is 6.48. The molecule has 1 aliphatic heterocycles. The summed E-state index contributed by atoms with van der Waals surface area (Å²) in [5.74, 6) is 0.298. The molecule has 0 N–H and O–H groups in total. The maximum absolute atomic E-state index is 13.5. The van der Waals surface area contributed by atoms with Gasteiger partial charge in [0.2, 0.25) is 5.91 Å². The molecule has 1 aromatic heterocycles. The van der Waals surface area contributed by atoms with Crippen LogP contribution in [0.3, 0.4) is 0 Å². The molecule has 0 spiro atoms. The van der Waals surface area contributed by atoms with Gasteiger partial charge in [-0.15, -0.1) is 6.58 Å². The number of amides is 1. The zero-order chi connectivity index (χ0) is 20.5. The van der Waals surface area contributed by atoms with E-state index in [0.29, 0.717) is 12.6 Å². The molecule has 2 aliphatic rings. The maximum Gasteiger partial charge on any atom is 0.298 e. The van der Waals surface area contributed by atoms with Gasteiger partial charge in [0.15, 0.2) is 5.58 Å². The molecule has 1 atom stereocenters. The number of hydrogen-bond acceptors (Lipinski definition) is 4. The summed E-state index contributed by atoms with van der Waals surface area (Å²) in [6.45, 7) is 6.07. The number of carbonyl (C=O) groups is 1. The number of aromatic nitrogens is 1. The number of aryl methyl sites for hydroxylation is 1. The Balaban J connectivity index is 1.28. The fourth-order valence-corrected chi connectivity index (χ4v) is 4.92. The average Bonchev–Trinajstić information content (AvgIpc) is 3.41. The summed E-state index contributed by atoms with van der Waals surface area (Å²) >= 11 is 0. The summed E-state index contributed by atoms with van der Waals surface area (Å²) in [4.78, 5) is 22.3. The minimum absolute atomic E-state index is 0.0401. The van der Waals surface area contributed by atoms with Crippen LogP contribution in [0.2, 0.25) is 0 Å². The number of hydrogen-bond donors (Lipinski definition) is 0. The highest BCUT2D eigenvalue weighted by Crippen LogP contribution is 2.37. The molecule has 3 aromatic rings. The first kappa shape index (κ1) is 18.9. The van der Waals surface area contributed by atoms with Gasteiger partial charge in [-0.1, -0.05) is 42.5 Å². The summed E-state index contributed by atoms with van der Waals surface area (Å²) in [5, 5.41) is 0. The smallest absolute Gasteiger partial charge is 0.298 e. The molecule has 5 rings (SSSR count). The summed E-state index contributed by atoms with van der Waals surface area (Å²) in [6.07, 6.45) is 5.53. The first-order valence-corrected chi connectivity index (χ1v) is 10.8. The average molecular weight is 402 g/mol. The number of anilines is 1. The van der Waals surface area contributed by atoms with E-state index in [1.54, 1.807) is 0 Å². The second kappa shape index (κ2) is 7.98. The molecule has 0 saturated carbocycles. The predicted octanol–water partition coefficient (Wildman–Crippen LogP) is 4.75. The van der Waals surface area contributed by atoms with Gasteiger partial charge in [0.1, 0.15) is 5.52 Å². The van der Waals surface area contributed by atoms with Gasteiger partial charge in [-0.25, -0.2) is 0 Å². The second-order valence-corrected chi connectivity index (χ2v) is 8.26. The predicted molar refractivity (Wildman–Crippen MR) is 118 cm³/mol. The Morgan fingerprint density at radius 2 is 1.90 bits per heavy atom. The van der Waals surface area contributed by atoms with Crippen molar-refractivity contribution in [1.82, 2.24) is 9.88 Å². The number of piperidine rings is 1. The van der Waals surface area contributed by atoms with Crippen LogP contribution in [0.5, 0.6) is 0 Å². The summed E-state index contributed by atoms with van der Waals surface area (Å²) < 4.78 is 5.92. The Hall–Kier alpha value is -3.08. The number of oxazole rings is 1. The van der Waals surface area contributed by atoms with Gasteiger partial charge in [-0.3, -0.25) is 4.79 Å². The van der Waals surface area contributed by atoms with Crippen LogP contribution in [-0.4, -0.2) is 35.4 Å². The molecule has 2 heterocycles. The van der Waals surface area contributed by atoms with E-state index >= 15 is 0 Å². The first-order chi connectivity index (χ1) is 14.7. The quantitative estimate of drug-likeness (QED) is 0.579. The Morgan fingerprint density at radius 3 is 2.70 bits per heavy atom. The van der Waals surface area contributed by atoms with Gasteiger partial charge in [0.25, 0.3) is 6.01 Å². The van der Waals surface area contributed by atoms with Crippen LogP contribution in [0.25, 0.3) is 11.1 Å². The lowest BCUT2D eigenvalue weighted by Crippen LogP contribution is -2.44. The Bertz CT molecular complexity index is 1030. The minimum Gasteiger partial charge on any atom is -0.423 e. The summed E-state index contributed by atoms with van der Waals surface area (Å²) in [6, 6.07) is 17.2. The van der Waals surface area contributed by atoms with Crippen LogP contribution in [0.15, 0.2) is 65.6 Å². The molecule has 154 valence electrons. The van der Waals surface area contributed by atoms with Crippen LogP contribution in [0, 0.1) is 5.92 Å². The van der Waals surface area contributed by atoms with Crippen molar-refractivity contribution in [3.63, 3.8) is 0 Å². The molecule has 1 fully saturated rings. The first-order valence-electron chi connectivity index (χ1n) is 10.8. The van der Waals surface area contributed by atoms with E-state index in [4.69, 9.17) is 4.42 Å². The summed E-state index contributed by atoms with van der Waals surface area (Å²) in [7, 11) is 0. The lowest BCUT2D eigenvalue weighted by atomic mass is 9.94. The molecule has 1 amide bonds. The molecular formula is C25H27N3O2. The SMILES string of the molecule is C=CCN(C(=O)C1CCN(c2nc3ccccc3o2)CC1)C1CCc2ccccc21. The maximum atomic E-state index is 13.5. The zero-order valence-electron chi connectivity index (χ0n) is 17.2. The summed E-state index contributed by atoms with van der Waals surface area (Å²) in [5.41, 5.74) is 4.36. The number of carbonyl (C=O) groups excluding carboxylic acids is 1. The van der Waals surface area contributed by atoms with E-state index in [9.17, 15) is 4.79 Å². The Labute approximate surface area is 177 Å². The monoisotopic (exact) mass is 401 g/mol. The van der Waals surface area contributed by atoms with Crippen molar-refractivity contribution in [1.29, 1.82) is 0 Å². The molecule has 5 heteroatoms. The van der Waals surface area contributed by atoms with Crippen LogP contribution < -0.4 is 4.90 Å². The van der Waals surface area contributed by atoms with Crippen molar-refractivity contribution in [2.24, 2.45) is 5.92 Å². The Kier molecular flexibility index (Phi) is 5.03. The van der Waals surface area contributed by atoms with Gasteiger partial charge in [-0.05, 0) is 48.9 Å². The molecule has 0 bridgehead atoms. The van der Waals surface area contributed by atoms with E-state index < -0.39 is 0 Å². The lowest BCUT2D eigenvalue weighted by molar-refractivity contribution is -0.138. The highest BCUT2D eigenvalue weighted by molar-refractivity contribution is 5.80. The molecule has 5 nitrogen and oxygen atoms in total. The third-order valence-corrected chi connectivity index (χ3v) is 6.48. The standard InChI is InChI=1S/C25H27N3O2/c1-2-15-28(22-12-11-18-7-3-4-8-20(18)22)24(29)19-13-16-27(17-14-19)25-26-21-9-5-6-10-23(21)30-25/h2-10,19,22H,1,11-17H2. The molecule has 1 saturated heterocycles. The molecule has 1 aliphatic carbocycles. The fourth-order valence-electron chi connectivity index (χ4n) is 4.92. The lowest BCUT2D eigenvalue weighted by Gasteiger charge is -2.36. The van der Waals surface area contributed by atoms with Crippen molar-refractivity contribution >= 4 is 23.0 Å². The van der Waals surface area contributed by atoms with Crippen molar-refractivity contribution < 1.29 is 9.21 Å². The molecule has 1 unspecified atom stereocenters. The third kappa shape index (κ3) is 3.38. The van der Waals surface area contributed by atoms with E-state index in [1.807, 2.05) is 30.3 Å². The highest BCUT2D eigenvalue weighted by Gasteiger charge is 2.35. The van der Waals surface area contributed by atoms with Crippen LogP contribution >= 0.6 is 0 Å². The van der Waals surface area contributed by atoms with E-state index in [2.05, 4.69) is 45.6 Å². The number of para-hydroxylation sites is 2. The molecule has 2 aromatic carbocycles. The number of nitrogens with zero attached hydrogens (tertiary/aromatic N) is 3. The van der Waals surface area contributed by atoms with Gasteiger partial charge in [-0.2, -0.15) is 4.98 Å². The van der Waals surface area contributed by atoms with Crippen molar-refractivity contribution in [2.75, 3.05) is 24.5 Å².